The van der Waals surface area contributed by atoms with Crippen LogP contribution in [0, 0.1) is 11.8 Å². The lowest BCUT2D eigenvalue weighted by molar-refractivity contribution is -0.123. The van der Waals surface area contributed by atoms with Crippen LogP contribution in [0.2, 0.25) is 0 Å². The van der Waals surface area contributed by atoms with E-state index in [1.807, 2.05) is 11.9 Å². The average Bonchev–Trinajstić information content (AvgIpc) is 3.37. The number of ether oxygens (including phenoxy) is 1. The van der Waals surface area contributed by atoms with Gasteiger partial charge in [0.05, 0.1) is 5.69 Å². The van der Waals surface area contributed by atoms with Crippen molar-refractivity contribution in [3.8, 4) is 5.75 Å². The van der Waals surface area contributed by atoms with Gasteiger partial charge in [-0.3, -0.25) is 19.9 Å². The Hall–Kier alpha value is -3.11. The van der Waals surface area contributed by atoms with E-state index in [1.165, 1.54) is 6.07 Å². The molecule has 192 valence electrons. The summed E-state index contributed by atoms with van der Waals surface area (Å²) < 4.78 is 35.0. The van der Waals surface area contributed by atoms with E-state index >= 15 is 0 Å². The fourth-order valence-electron chi connectivity index (χ4n) is 5.20. The quantitative estimate of drug-likeness (QED) is 0.591. The fraction of sp³-hybridized carbons (Fsp3) is 0.500. The number of amides is 2. The molecule has 2 amide bonds. The highest BCUT2D eigenvalue weighted by Gasteiger charge is 2.30. The standard InChI is InChI=1S/C26H31F2N5O3/c1-2-22-26(35)30-21-14-16(13-19(27)23(21)36-22)15-32-11-7-17(8-12-32)18-5-6-20(29-24(18)28)25(34)31-33-9-3-4-10-33/h5-6,13-14,17,22H,2-4,7-12,15H2,1H3,(H,30,35)(H,31,34). The molecule has 2 aromatic rings. The molecule has 3 aliphatic heterocycles. The Morgan fingerprint density at radius 3 is 2.61 bits per heavy atom. The number of pyridine rings is 1. The van der Waals surface area contributed by atoms with Crippen molar-refractivity contribution in [1.82, 2.24) is 20.3 Å². The van der Waals surface area contributed by atoms with Gasteiger partial charge in [0.2, 0.25) is 5.95 Å². The minimum absolute atomic E-state index is 0.00313. The van der Waals surface area contributed by atoms with Crippen molar-refractivity contribution < 1.29 is 23.1 Å². The van der Waals surface area contributed by atoms with Crippen LogP contribution in [-0.4, -0.2) is 59.0 Å². The number of likely N-dealkylation sites (tertiary alicyclic amines) is 1. The van der Waals surface area contributed by atoms with Crippen LogP contribution in [0.1, 0.15) is 66.6 Å². The molecule has 1 unspecified atom stereocenters. The maximum absolute atomic E-state index is 14.8. The zero-order chi connectivity index (χ0) is 25.2. The van der Waals surface area contributed by atoms with E-state index in [4.69, 9.17) is 4.74 Å². The lowest BCUT2D eigenvalue weighted by Gasteiger charge is -2.32. The van der Waals surface area contributed by atoms with E-state index in [9.17, 15) is 18.4 Å². The average molecular weight is 500 g/mol. The van der Waals surface area contributed by atoms with Crippen molar-refractivity contribution in [1.29, 1.82) is 0 Å². The number of hydrogen-bond donors (Lipinski definition) is 2. The van der Waals surface area contributed by atoms with E-state index in [0.29, 0.717) is 37.3 Å². The molecule has 1 atom stereocenters. The van der Waals surface area contributed by atoms with E-state index in [-0.39, 0.29) is 29.2 Å². The highest BCUT2D eigenvalue weighted by atomic mass is 19.1. The molecule has 8 nitrogen and oxygen atoms in total. The van der Waals surface area contributed by atoms with Crippen LogP contribution in [0.25, 0.3) is 0 Å². The van der Waals surface area contributed by atoms with Crippen molar-refractivity contribution >= 4 is 17.5 Å². The monoisotopic (exact) mass is 499 g/mol. The summed E-state index contributed by atoms with van der Waals surface area (Å²) in [6, 6.07) is 6.46. The molecule has 0 bridgehead atoms. The summed E-state index contributed by atoms with van der Waals surface area (Å²) in [7, 11) is 0. The van der Waals surface area contributed by atoms with Crippen molar-refractivity contribution in [2.75, 3.05) is 31.5 Å². The van der Waals surface area contributed by atoms with Gasteiger partial charge < -0.3 is 10.1 Å². The predicted octanol–water partition coefficient (Wildman–Crippen LogP) is 3.59. The molecule has 1 aromatic heterocycles. The number of piperidine rings is 1. The Bertz CT molecular complexity index is 1150. The summed E-state index contributed by atoms with van der Waals surface area (Å²) in [5.74, 6) is -1.65. The Kier molecular flexibility index (Phi) is 7.15. The summed E-state index contributed by atoms with van der Waals surface area (Å²) in [6.45, 7) is 5.34. The molecule has 4 heterocycles. The summed E-state index contributed by atoms with van der Waals surface area (Å²) in [5.41, 5.74) is 4.49. The Morgan fingerprint density at radius 2 is 1.92 bits per heavy atom. The smallest absolute Gasteiger partial charge is 0.284 e. The Morgan fingerprint density at radius 1 is 1.17 bits per heavy atom. The maximum Gasteiger partial charge on any atom is 0.284 e. The number of benzene rings is 1. The van der Waals surface area contributed by atoms with Gasteiger partial charge in [-0.1, -0.05) is 13.0 Å². The summed E-state index contributed by atoms with van der Waals surface area (Å²) in [5, 5.41) is 4.58. The SMILES string of the molecule is CCC1Oc2c(F)cc(CN3CCC(c4ccc(C(=O)NN5CCCC5)nc4F)CC3)cc2NC1=O. The molecule has 5 rings (SSSR count). The summed E-state index contributed by atoms with van der Waals surface area (Å²) in [6.07, 6.45) is 3.30. The lowest BCUT2D eigenvalue weighted by atomic mass is 9.90. The second kappa shape index (κ2) is 10.5. The first kappa shape index (κ1) is 24.6. The fourth-order valence-corrected chi connectivity index (χ4v) is 5.20. The molecule has 2 N–H and O–H groups in total. The van der Waals surface area contributed by atoms with Gasteiger partial charge in [-0.25, -0.2) is 14.4 Å². The first-order valence-electron chi connectivity index (χ1n) is 12.7. The number of aromatic nitrogens is 1. The number of carbonyl (C=O) groups excluding carboxylic acids is 2. The molecular formula is C26H31F2N5O3. The molecule has 2 saturated heterocycles. The van der Waals surface area contributed by atoms with Crippen molar-refractivity contribution in [2.45, 2.75) is 57.6 Å². The van der Waals surface area contributed by atoms with Crippen LogP contribution in [-0.2, 0) is 11.3 Å². The third kappa shape index (κ3) is 5.19. The molecule has 0 radical (unpaired) electrons. The van der Waals surface area contributed by atoms with Crippen LogP contribution in [0.3, 0.4) is 0 Å². The third-order valence-corrected chi connectivity index (χ3v) is 7.19. The normalized spacial score (nSPS) is 21.1. The van der Waals surface area contributed by atoms with Gasteiger partial charge in [0.15, 0.2) is 17.7 Å². The zero-order valence-electron chi connectivity index (χ0n) is 20.4. The van der Waals surface area contributed by atoms with Crippen molar-refractivity contribution in [2.24, 2.45) is 0 Å². The number of anilines is 1. The minimum atomic E-state index is -0.680. The van der Waals surface area contributed by atoms with Crippen LogP contribution in [0.15, 0.2) is 24.3 Å². The van der Waals surface area contributed by atoms with Gasteiger partial charge in [-0.2, -0.15) is 4.39 Å². The van der Waals surface area contributed by atoms with Gasteiger partial charge in [0, 0.05) is 25.2 Å². The first-order valence-corrected chi connectivity index (χ1v) is 12.7. The van der Waals surface area contributed by atoms with Gasteiger partial charge >= 0.3 is 0 Å². The molecule has 0 saturated carbocycles. The highest BCUT2D eigenvalue weighted by molar-refractivity contribution is 5.97. The largest absolute Gasteiger partial charge is 0.475 e. The number of halogens is 2. The number of hydrazine groups is 1. The van der Waals surface area contributed by atoms with Crippen molar-refractivity contribution in [3.05, 3.63) is 52.9 Å². The van der Waals surface area contributed by atoms with Gasteiger partial charge in [-0.05, 0) is 74.9 Å². The summed E-state index contributed by atoms with van der Waals surface area (Å²) >= 11 is 0. The Labute approximate surface area is 209 Å². The van der Waals surface area contributed by atoms with E-state index in [1.54, 1.807) is 18.2 Å². The van der Waals surface area contributed by atoms with Crippen molar-refractivity contribution in [3.63, 3.8) is 0 Å². The molecule has 0 spiro atoms. The molecular weight excluding hydrogens is 468 g/mol. The van der Waals surface area contributed by atoms with Crippen LogP contribution in [0.5, 0.6) is 5.75 Å². The predicted molar refractivity (Wildman–Crippen MR) is 129 cm³/mol. The number of rotatable bonds is 6. The second-order valence-electron chi connectivity index (χ2n) is 9.72. The molecule has 10 heteroatoms. The number of nitrogens with zero attached hydrogens (tertiary/aromatic N) is 3. The molecule has 2 fully saturated rings. The Balaban J connectivity index is 1.18. The van der Waals surface area contributed by atoms with E-state index < -0.39 is 17.9 Å². The van der Waals surface area contributed by atoms with Crippen LogP contribution >= 0.6 is 0 Å². The number of carbonyl (C=O) groups is 2. The van der Waals surface area contributed by atoms with Crippen LogP contribution in [0.4, 0.5) is 14.5 Å². The second-order valence-corrected chi connectivity index (χ2v) is 9.72. The molecule has 36 heavy (non-hydrogen) atoms. The lowest BCUT2D eigenvalue weighted by Crippen LogP contribution is -2.40. The molecule has 1 aromatic carbocycles. The molecule has 0 aliphatic carbocycles. The van der Waals surface area contributed by atoms with Gasteiger partial charge in [0.1, 0.15) is 5.69 Å². The van der Waals surface area contributed by atoms with E-state index in [0.717, 1.165) is 44.3 Å². The van der Waals surface area contributed by atoms with Gasteiger partial charge in [-0.15, -0.1) is 0 Å². The number of fused-ring (bicyclic) bond motifs is 1. The maximum atomic E-state index is 14.8. The number of hydrogen-bond acceptors (Lipinski definition) is 6. The highest BCUT2D eigenvalue weighted by Crippen LogP contribution is 2.35. The first-order chi connectivity index (χ1) is 17.4. The summed E-state index contributed by atoms with van der Waals surface area (Å²) in [4.78, 5) is 30.6. The van der Waals surface area contributed by atoms with E-state index in [2.05, 4.69) is 20.6 Å². The topological polar surface area (TPSA) is 86.8 Å². The number of nitrogens with one attached hydrogen (secondary N) is 2. The zero-order valence-corrected chi connectivity index (χ0v) is 20.4. The van der Waals surface area contributed by atoms with Gasteiger partial charge in [0.25, 0.3) is 11.8 Å². The molecule has 3 aliphatic rings. The minimum Gasteiger partial charge on any atom is -0.475 e. The van der Waals surface area contributed by atoms with Crippen LogP contribution < -0.4 is 15.5 Å². The third-order valence-electron chi connectivity index (χ3n) is 7.19.